The van der Waals surface area contributed by atoms with Crippen LogP contribution in [-0.4, -0.2) is 70.2 Å². The summed E-state index contributed by atoms with van der Waals surface area (Å²) < 4.78 is 32.1. The predicted molar refractivity (Wildman–Crippen MR) is 120 cm³/mol. The molecule has 0 aliphatic carbocycles. The smallest absolute Gasteiger partial charge is 0.224 e. The number of ether oxygens (including phenoxy) is 6. The van der Waals surface area contributed by atoms with Gasteiger partial charge in [0.25, 0.3) is 0 Å². The Labute approximate surface area is 196 Å². The van der Waals surface area contributed by atoms with Gasteiger partial charge in [-0.2, -0.15) is 9.97 Å². The highest BCUT2D eigenvalue weighted by Crippen LogP contribution is 2.43. The first-order valence-electron chi connectivity index (χ1n) is 9.43. The molecule has 0 amide bonds. The Kier molecular flexibility index (Phi) is 9.46. The van der Waals surface area contributed by atoms with Gasteiger partial charge in [0.15, 0.2) is 5.78 Å². The molecule has 2 aromatic heterocycles. The summed E-state index contributed by atoms with van der Waals surface area (Å²) in [6, 6.07) is 3.10. The van der Waals surface area contributed by atoms with E-state index in [1.165, 1.54) is 42.7 Å². The maximum Gasteiger partial charge on any atom is 0.224 e. The number of carbonyl (C=O) groups excluding carboxylic acids is 1. The Balaban J connectivity index is 2.67. The zero-order valence-corrected chi connectivity index (χ0v) is 20.2. The SMILES string of the molecule is COc1cc(OC)c(C(CCl)C(=O)C(CCl)c2c(OC)cc(OC)nc2OC)c(OC)n1. The number of carbonyl (C=O) groups is 1. The van der Waals surface area contributed by atoms with Crippen LogP contribution in [0.1, 0.15) is 23.0 Å². The van der Waals surface area contributed by atoms with Crippen LogP contribution in [0.15, 0.2) is 12.1 Å². The number of pyridine rings is 2. The van der Waals surface area contributed by atoms with Gasteiger partial charge in [-0.15, -0.1) is 23.2 Å². The largest absolute Gasteiger partial charge is 0.496 e. The molecule has 2 atom stereocenters. The summed E-state index contributed by atoms with van der Waals surface area (Å²) in [6.07, 6.45) is 0. The number of alkyl halides is 2. The third-order valence-corrected chi connectivity index (χ3v) is 5.48. The molecule has 0 aliphatic heterocycles. The molecule has 11 heteroatoms. The van der Waals surface area contributed by atoms with E-state index in [9.17, 15) is 4.79 Å². The molecular formula is C21H26Cl2N2O7. The Morgan fingerprint density at radius 2 is 1.09 bits per heavy atom. The number of Topliss-reactive ketones (excluding diaryl/α,β-unsaturated/α-hetero) is 1. The van der Waals surface area contributed by atoms with Crippen LogP contribution in [0.5, 0.6) is 35.0 Å². The van der Waals surface area contributed by atoms with Crippen molar-refractivity contribution in [3.63, 3.8) is 0 Å². The second kappa shape index (κ2) is 11.8. The fourth-order valence-corrected chi connectivity index (χ4v) is 3.92. The van der Waals surface area contributed by atoms with Crippen molar-refractivity contribution in [2.75, 3.05) is 54.4 Å². The molecule has 0 aromatic carbocycles. The van der Waals surface area contributed by atoms with Crippen LogP contribution in [0.3, 0.4) is 0 Å². The highest BCUT2D eigenvalue weighted by molar-refractivity contribution is 6.22. The number of hydrogen-bond donors (Lipinski definition) is 0. The lowest BCUT2D eigenvalue weighted by atomic mass is 9.85. The van der Waals surface area contributed by atoms with Gasteiger partial charge in [-0.05, 0) is 0 Å². The van der Waals surface area contributed by atoms with Crippen LogP contribution >= 0.6 is 23.2 Å². The Morgan fingerprint density at radius 1 is 0.719 bits per heavy atom. The lowest BCUT2D eigenvalue weighted by molar-refractivity contribution is -0.121. The van der Waals surface area contributed by atoms with Gasteiger partial charge >= 0.3 is 0 Å². The highest BCUT2D eigenvalue weighted by atomic mass is 35.5. The first-order chi connectivity index (χ1) is 15.4. The molecule has 2 heterocycles. The zero-order chi connectivity index (χ0) is 23.8. The van der Waals surface area contributed by atoms with Gasteiger partial charge < -0.3 is 28.4 Å². The average Bonchev–Trinajstić information content (AvgIpc) is 2.84. The topological polar surface area (TPSA) is 98.2 Å². The summed E-state index contributed by atoms with van der Waals surface area (Å²) in [6.45, 7) is 0. The summed E-state index contributed by atoms with van der Waals surface area (Å²) in [4.78, 5) is 22.3. The zero-order valence-electron chi connectivity index (χ0n) is 18.7. The quantitative estimate of drug-likeness (QED) is 0.415. The number of ketones is 1. The fraction of sp³-hybridized carbons (Fsp3) is 0.476. The first kappa shape index (κ1) is 25.6. The van der Waals surface area contributed by atoms with Crippen molar-refractivity contribution in [2.45, 2.75) is 11.8 Å². The summed E-state index contributed by atoms with van der Waals surface area (Å²) in [5.41, 5.74) is 0.760. The molecule has 0 fully saturated rings. The third-order valence-electron chi connectivity index (χ3n) is 4.86. The number of rotatable bonds is 12. The van der Waals surface area contributed by atoms with Crippen LogP contribution in [0.2, 0.25) is 0 Å². The normalized spacial score (nSPS) is 12.5. The molecule has 32 heavy (non-hydrogen) atoms. The minimum Gasteiger partial charge on any atom is -0.496 e. The van der Waals surface area contributed by atoms with Crippen molar-refractivity contribution in [1.82, 2.24) is 9.97 Å². The number of aromatic nitrogens is 2. The van der Waals surface area contributed by atoms with E-state index in [2.05, 4.69) is 9.97 Å². The second-order valence-electron chi connectivity index (χ2n) is 6.40. The summed E-state index contributed by atoms with van der Waals surface area (Å²) in [5, 5.41) is 0. The molecule has 0 saturated heterocycles. The van der Waals surface area contributed by atoms with Crippen molar-refractivity contribution in [2.24, 2.45) is 0 Å². The maximum absolute atomic E-state index is 13.8. The van der Waals surface area contributed by atoms with Crippen molar-refractivity contribution in [3.8, 4) is 35.0 Å². The van der Waals surface area contributed by atoms with E-state index in [4.69, 9.17) is 51.6 Å². The van der Waals surface area contributed by atoms with Gasteiger partial charge in [0.05, 0.1) is 65.6 Å². The minimum atomic E-state index is -0.875. The standard InChI is InChI=1S/C21H26Cl2N2O7/c1-27-13-7-15(29-3)24-20(31-5)17(13)11(9-22)19(26)12(10-23)18-14(28-2)8-16(30-4)25-21(18)32-6/h7-8,11-12H,9-10H2,1-6H3. The van der Waals surface area contributed by atoms with Gasteiger partial charge in [0.2, 0.25) is 23.5 Å². The van der Waals surface area contributed by atoms with E-state index < -0.39 is 11.8 Å². The molecule has 2 unspecified atom stereocenters. The fourth-order valence-electron chi connectivity index (χ4n) is 3.31. The predicted octanol–water partition coefficient (Wildman–Crippen LogP) is 3.44. The van der Waals surface area contributed by atoms with E-state index in [1.807, 2.05) is 0 Å². The molecule has 0 spiro atoms. The molecule has 0 aliphatic rings. The van der Waals surface area contributed by atoms with Gasteiger partial charge in [0, 0.05) is 23.9 Å². The lowest BCUT2D eigenvalue weighted by Crippen LogP contribution is -2.25. The van der Waals surface area contributed by atoms with Gasteiger partial charge in [-0.1, -0.05) is 0 Å². The number of halogens is 2. The van der Waals surface area contributed by atoms with Crippen LogP contribution in [0, 0.1) is 0 Å². The van der Waals surface area contributed by atoms with Crippen molar-refractivity contribution >= 4 is 29.0 Å². The molecule has 0 radical (unpaired) electrons. The van der Waals surface area contributed by atoms with Gasteiger partial charge in [-0.25, -0.2) is 0 Å². The monoisotopic (exact) mass is 488 g/mol. The van der Waals surface area contributed by atoms with Gasteiger partial charge in [-0.3, -0.25) is 4.79 Å². The van der Waals surface area contributed by atoms with E-state index >= 15 is 0 Å². The van der Waals surface area contributed by atoms with E-state index in [-0.39, 0.29) is 41.1 Å². The molecule has 176 valence electrons. The first-order valence-corrected chi connectivity index (χ1v) is 10.5. The number of nitrogens with zero attached hydrogens (tertiary/aromatic N) is 2. The third kappa shape index (κ3) is 5.05. The van der Waals surface area contributed by atoms with Crippen molar-refractivity contribution in [3.05, 3.63) is 23.3 Å². The molecular weight excluding hydrogens is 463 g/mol. The van der Waals surface area contributed by atoms with E-state index in [0.717, 1.165) is 0 Å². The van der Waals surface area contributed by atoms with E-state index in [0.29, 0.717) is 22.6 Å². The summed E-state index contributed by atoms with van der Waals surface area (Å²) in [7, 11) is 8.71. The van der Waals surface area contributed by atoms with Crippen molar-refractivity contribution in [1.29, 1.82) is 0 Å². The maximum atomic E-state index is 13.8. The van der Waals surface area contributed by atoms with Crippen LogP contribution in [0.25, 0.3) is 0 Å². The highest BCUT2D eigenvalue weighted by Gasteiger charge is 2.37. The van der Waals surface area contributed by atoms with Crippen LogP contribution in [-0.2, 0) is 4.79 Å². The van der Waals surface area contributed by atoms with Crippen molar-refractivity contribution < 1.29 is 33.2 Å². The van der Waals surface area contributed by atoms with Gasteiger partial charge in [0.1, 0.15) is 11.5 Å². The molecule has 0 bridgehead atoms. The van der Waals surface area contributed by atoms with E-state index in [1.54, 1.807) is 12.1 Å². The Hall–Kier alpha value is -2.65. The molecule has 0 N–H and O–H groups in total. The number of methoxy groups -OCH3 is 6. The summed E-state index contributed by atoms with van der Waals surface area (Å²) >= 11 is 12.6. The van der Waals surface area contributed by atoms with Crippen LogP contribution in [0.4, 0.5) is 0 Å². The molecule has 2 aromatic rings. The Morgan fingerprint density at radius 3 is 1.34 bits per heavy atom. The number of hydrogen-bond acceptors (Lipinski definition) is 9. The molecule has 0 saturated carbocycles. The van der Waals surface area contributed by atoms with Crippen LogP contribution < -0.4 is 28.4 Å². The minimum absolute atomic E-state index is 0.0822. The summed E-state index contributed by atoms with van der Waals surface area (Å²) in [5.74, 6) is -0.717. The lowest BCUT2D eigenvalue weighted by Gasteiger charge is -2.25. The average molecular weight is 489 g/mol. The second-order valence-corrected chi connectivity index (χ2v) is 7.01. The Bertz CT molecular complexity index is 819. The molecule has 2 rings (SSSR count). The molecule has 9 nitrogen and oxygen atoms in total.